The van der Waals surface area contributed by atoms with Gasteiger partial charge in [-0.3, -0.25) is 0 Å². The summed E-state index contributed by atoms with van der Waals surface area (Å²) in [6, 6.07) is 35.1. The number of nitrogen functional groups attached to an aromatic ring is 1. The van der Waals surface area contributed by atoms with Gasteiger partial charge in [-0.25, -0.2) is 15.8 Å². The van der Waals surface area contributed by atoms with Gasteiger partial charge in [0.25, 0.3) is 0 Å². The quantitative estimate of drug-likeness (QED) is 0.158. The van der Waals surface area contributed by atoms with E-state index < -0.39 is 0 Å². The van der Waals surface area contributed by atoms with Gasteiger partial charge in [-0.2, -0.15) is 0 Å². The first-order valence-corrected chi connectivity index (χ1v) is 13.0. The van der Waals surface area contributed by atoms with Gasteiger partial charge in [0.1, 0.15) is 0 Å². The van der Waals surface area contributed by atoms with Gasteiger partial charge >= 0.3 is 0 Å². The fourth-order valence-corrected chi connectivity index (χ4v) is 5.40. The molecule has 36 heavy (non-hydrogen) atoms. The monoisotopic (exact) mass is 594 g/mol. The maximum Gasteiger partial charge on any atom is 0.150 e. The van der Waals surface area contributed by atoms with Crippen LogP contribution in [-0.4, -0.2) is 9.97 Å². The Bertz CT molecular complexity index is 1740. The van der Waals surface area contributed by atoms with Crippen molar-refractivity contribution < 1.29 is 0 Å². The number of nitrogens with zero attached hydrogens (tertiary/aromatic N) is 2. The number of halogens is 2. The number of pyridine rings is 2. The zero-order valence-electron chi connectivity index (χ0n) is 19.0. The van der Waals surface area contributed by atoms with Crippen LogP contribution in [0.15, 0.2) is 112 Å². The van der Waals surface area contributed by atoms with Crippen LogP contribution in [0.1, 0.15) is 0 Å². The minimum absolute atomic E-state index is 0.576. The fraction of sp³-hybridized carbons (Fsp3) is 0. The molecule has 6 heteroatoms. The molecule has 0 unspecified atom stereocenters. The molecule has 0 spiro atoms. The zero-order valence-corrected chi connectivity index (χ0v) is 22.2. The van der Waals surface area contributed by atoms with Gasteiger partial charge in [-0.05, 0) is 59.2 Å². The summed E-state index contributed by atoms with van der Waals surface area (Å²) in [6.45, 7) is 0. The number of hydrazine groups is 1. The Balaban J connectivity index is 1.76. The van der Waals surface area contributed by atoms with E-state index in [-0.39, 0.29) is 0 Å². The van der Waals surface area contributed by atoms with Crippen LogP contribution >= 0.6 is 31.9 Å². The summed E-state index contributed by atoms with van der Waals surface area (Å²) in [4.78, 5) is 10.0. The molecule has 4 nitrogen and oxygen atoms in total. The molecule has 2 aromatic heterocycles. The first kappa shape index (κ1) is 22.9. The molecule has 3 N–H and O–H groups in total. The van der Waals surface area contributed by atoms with Gasteiger partial charge in [0.2, 0.25) is 0 Å². The fourth-order valence-electron chi connectivity index (χ4n) is 4.68. The van der Waals surface area contributed by atoms with Crippen LogP contribution in [0.3, 0.4) is 0 Å². The van der Waals surface area contributed by atoms with E-state index >= 15 is 0 Å². The van der Waals surface area contributed by atoms with Crippen molar-refractivity contribution in [3.05, 3.63) is 112 Å². The second-order valence-electron chi connectivity index (χ2n) is 8.46. The molecule has 0 aliphatic rings. The molecule has 2 heterocycles. The van der Waals surface area contributed by atoms with E-state index in [9.17, 15) is 0 Å². The highest BCUT2D eigenvalue weighted by Gasteiger charge is 2.21. The molecule has 0 aliphatic carbocycles. The van der Waals surface area contributed by atoms with Gasteiger partial charge in [0.05, 0.1) is 22.3 Å². The topological polar surface area (TPSA) is 63.8 Å². The Morgan fingerprint density at radius 2 is 1.17 bits per heavy atom. The standard InChI is InChI=1S/C30H20Br2N4/c31-20-11-13-25-23(15-20)22(18-7-3-1-4-8-18)17-27(34-25)29-28(19-9-5-2-6-10-19)24-16-21(32)12-14-26(24)35-30(29)36-33/h1-17H,33H2,(H,35,36). The van der Waals surface area contributed by atoms with Crippen LogP contribution < -0.4 is 11.3 Å². The predicted molar refractivity (Wildman–Crippen MR) is 157 cm³/mol. The molecule has 0 fully saturated rings. The molecular weight excluding hydrogens is 576 g/mol. The van der Waals surface area contributed by atoms with Crippen molar-refractivity contribution in [2.75, 3.05) is 5.43 Å². The van der Waals surface area contributed by atoms with Gasteiger partial charge in [-0.15, -0.1) is 0 Å². The lowest BCUT2D eigenvalue weighted by molar-refractivity contribution is 1.25. The molecule has 0 amide bonds. The average molecular weight is 596 g/mol. The molecular formula is C30H20Br2N4. The van der Waals surface area contributed by atoms with Crippen molar-refractivity contribution in [2.24, 2.45) is 5.84 Å². The highest BCUT2D eigenvalue weighted by Crippen LogP contribution is 2.43. The number of hydrogen-bond donors (Lipinski definition) is 2. The number of nitrogens with two attached hydrogens (primary N) is 1. The third-order valence-electron chi connectivity index (χ3n) is 6.26. The molecule has 0 aliphatic heterocycles. The molecule has 0 atom stereocenters. The van der Waals surface area contributed by atoms with Crippen LogP contribution in [0.4, 0.5) is 5.82 Å². The van der Waals surface area contributed by atoms with Gasteiger partial charge in [-0.1, -0.05) is 92.5 Å². The Kier molecular flexibility index (Phi) is 6.01. The Hall–Kier alpha value is -3.58. The van der Waals surface area contributed by atoms with E-state index in [4.69, 9.17) is 15.8 Å². The van der Waals surface area contributed by atoms with Gasteiger partial charge in [0.15, 0.2) is 5.82 Å². The number of aromatic nitrogens is 2. The van der Waals surface area contributed by atoms with E-state index in [2.05, 4.69) is 91.9 Å². The highest BCUT2D eigenvalue weighted by atomic mass is 79.9. The maximum absolute atomic E-state index is 6.08. The van der Waals surface area contributed by atoms with Crippen molar-refractivity contribution in [1.29, 1.82) is 0 Å². The van der Waals surface area contributed by atoms with Crippen molar-refractivity contribution in [3.63, 3.8) is 0 Å². The summed E-state index contributed by atoms with van der Waals surface area (Å²) in [5.41, 5.74) is 10.5. The normalized spacial score (nSPS) is 11.2. The lowest BCUT2D eigenvalue weighted by Gasteiger charge is -2.19. The zero-order chi connectivity index (χ0) is 24.6. The number of fused-ring (bicyclic) bond motifs is 2. The van der Waals surface area contributed by atoms with E-state index in [0.29, 0.717) is 5.82 Å². The second kappa shape index (κ2) is 9.47. The molecule has 0 radical (unpaired) electrons. The molecule has 174 valence electrons. The van der Waals surface area contributed by atoms with Crippen LogP contribution in [0.25, 0.3) is 55.3 Å². The average Bonchev–Trinajstić information content (AvgIpc) is 2.92. The first-order chi connectivity index (χ1) is 17.6. The minimum Gasteiger partial charge on any atom is -0.308 e. The Labute approximate surface area is 225 Å². The number of benzene rings is 4. The highest BCUT2D eigenvalue weighted by molar-refractivity contribution is 9.10. The summed E-state index contributed by atoms with van der Waals surface area (Å²) in [7, 11) is 0. The minimum atomic E-state index is 0.576. The largest absolute Gasteiger partial charge is 0.308 e. The Morgan fingerprint density at radius 1 is 0.583 bits per heavy atom. The maximum atomic E-state index is 6.08. The summed E-state index contributed by atoms with van der Waals surface area (Å²) < 4.78 is 1.99. The first-order valence-electron chi connectivity index (χ1n) is 11.4. The van der Waals surface area contributed by atoms with E-state index in [1.165, 1.54) is 0 Å². The smallest absolute Gasteiger partial charge is 0.150 e. The molecule has 6 aromatic rings. The third kappa shape index (κ3) is 4.07. The lowest BCUT2D eigenvalue weighted by atomic mass is 9.91. The van der Waals surface area contributed by atoms with Crippen molar-refractivity contribution >= 4 is 59.5 Å². The SMILES string of the molecule is NNc1nc2ccc(Br)cc2c(-c2ccccc2)c1-c1cc(-c2ccccc2)c2cc(Br)ccc2n1. The van der Waals surface area contributed by atoms with Crippen LogP contribution in [0.2, 0.25) is 0 Å². The molecule has 0 saturated carbocycles. The summed E-state index contributed by atoms with van der Waals surface area (Å²) in [5.74, 6) is 6.66. The van der Waals surface area contributed by atoms with E-state index in [1.807, 2.05) is 48.5 Å². The van der Waals surface area contributed by atoms with E-state index in [0.717, 1.165) is 64.3 Å². The summed E-state index contributed by atoms with van der Waals surface area (Å²) >= 11 is 7.28. The number of rotatable bonds is 4. The summed E-state index contributed by atoms with van der Waals surface area (Å²) in [5, 5.41) is 2.09. The third-order valence-corrected chi connectivity index (χ3v) is 7.24. The number of anilines is 1. The van der Waals surface area contributed by atoms with Crippen LogP contribution in [-0.2, 0) is 0 Å². The predicted octanol–water partition coefficient (Wildman–Crippen LogP) is 8.59. The van der Waals surface area contributed by atoms with Gasteiger partial charge < -0.3 is 5.43 Å². The van der Waals surface area contributed by atoms with Crippen molar-refractivity contribution in [1.82, 2.24) is 9.97 Å². The Morgan fingerprint density at radius 3 is 1.81 bits per heavy atom. The van der Waals surface area contributed by atoms with Crippen molar-refractivity contribution in [2.45, 2.75) is 0 Å². The van der Waals surface area contributed by atoms with Crippen molar-refractivity contribution in [3.8, 4) is 33.5 Å². The molecule has 4 aromatic carbocycles. The molecule has 6 rings (SSSR count). The molecule has 0 bridgehead atoms. The second-order valence-corrected chi connectivity index (χ2v) is 10.3. The molecule has 0 saturated heterocycles. The summed E-state index contributed by atoms with van der Waals surface area (Å²) in [6.07, 6.45) is 0. The van der Waals surface area contributed by atoms with Gasteiger partial charge in [0, 0.05) is 25.3 Å². The lowest BCUT2D eigenvalue weighted by Crippen LogP contribution is -2.11. The number of hydrogen-bond acceptors (Lipinski definition) is 4. The van der Waals surface area contributed by atoms with E-state index in [1.54, 1.807) is 0 Å². The number of nitrogens with one attached hydrogen (secondary N) is 1. The van der Waals surface area contributed by atoms with Crippen LogP contribution in [0.5, 0.6) is 0 Å². The van der Waals surface area contributed by atoms with Crippen LogP contribution in [0, 0.1) is 0 Å².